The molecule has 3 aliphatic rings. The molecule has 8 nitrogen and oxygen atoms in total. The molecule has 3 heterocycles. The monoisotopic (exact) mass is 513 g/mol. The molecule has 3 fully saturated rings. The molecule has 0 aromatic heterocycles. The predicted molar refractivity (Wildman–Crippen MR) is 128 cm³/mol. The van der Waals surface area contributed by atoms with Crippen LogP contribution in [0.5, 0.6) is 17.2 Å². The summed E-state index contributed by atoms with van der Waals surface area (Å²) in [6.07, 6.45) is -0.581. The summed E-state index contributed by atoms with van der Waals surface area (Å²) in [6, 6.07) is 13.6. The number of amides is 1. The van der Waals surface area contributed by atoms with E-state index in [-0.39, 0.29) is 0 Å². The third-order valence-corrected chi connectivity index (χ3v) is 7.11. The summed E-state index contributed by atoms with van der Waals surface area (Å²) in [5.41, 5.74) is 1.65. The van der Waals surface area contributed by atoms with E-state index in [1.54, 1.807) is 12.1 Å². The molecule has 10 heteroatoms. The molecule has 37 heavy (non-hydrogen) atoms. The first-order valence-corrected chi connectivity index (χ1v) is 12.3. The fraction of sp³-hybridized carbons (Fsp3) is 0.481. The average molecular weight is 514 g/mol. The van der Waals surface area contributed by atoms with Gasteiger partial charge in [0, 0.05) is 13.0 Å². The number of methoxy groups -OCH3 is 2. The lowest BCUT2D eigenvalue weighted by Crippen LogP contribution is -2.48. The molecule has 196 valence electrons. The average Bonchev–Trinajstić information content (AvgIpc) is 3.43. The van der Waals surface area contributed by atoms with E-state index < -0.39 is 49.2 Å². The Labute approximate surface area is 214 Å². The second-order valence-electron chi connectivity index (χ2n) is 9.54. The van der Waals surface area contributed by atoms with Crippen LogP contribution in [0.2, 0.25) is 0 Å². The number of nitriles is 1. The van der Waals surface area contributed by atoms with Crippen molar-refractivity contribution in [3.63, 3.8) is 0 Å². The normalized spacial score (nSPS) is 26.5. The number of ether oxygens (including phenoxy) is 4. The Morgan fingerprint density at radius 1 is 1.19 bits per heavy atom. The minimum absolute atomic E-state index is 0.308. The van der Waals surface area contributed by atoms with Crippen molar-refractivity contribution < 1.29 is 32.5 Å². The number of hydrogen-bond acceptors (Lipinski definition) is 7. The van der Waals surface area contributed by atoms with Crippen molar-refractivity contribution in [3.8, 4) is 23.3 Å². The van der Waals surface area contributed by atoms with Crippen LogP contribution in [0, 0.1) is 11.3 Å². The lowest BCUT2D eigenvalue weighted by atomic mass is 10.1. The molecule has 0 spiro atoms. The largest absolute Gasteiger partial charge is 0.493 e. The molecule has 0 N–H and O–H groups in total. The van der Waals surface area contributed by atoms with Crippen LogP contribution in [0.25, 0.3) is 0 Å². The number of halogens is 2. The highest BCUT2D eigenvalue weighted by atomic mass is 19.3. The van der Waals surface area contributed by atoms with Gasteiger partial charge in [0.15, 0.2) is 11.5 Å². The molecule has 1 amide bonds. The van der Waals surface area contributed by atoms with Gasteiger partial charge in [0.05, 0.1) is 32.9 Å². The molecule has 2 aromatic carbocycles. The number of hydrogen-bond donors (Lipinski definition) is 0. The highest BCUT2D eigenvalue weighted by Gasteiger charge is 2.58. The fourth-order valence-electron chi connectivity index (χ4n) is 5.23. The zero-order valence-corrected chi connectivity index (χ0v) is 20.7. The molecule has 4 atom stereocenters. The van der Waals surface area contributed by atoms with Crippen LogP contribution in [0.15, 0.2) is 42.5 Å². The van der Waals surface area contributed by atoms with Crippen molar-refractivity contribution in [2.75, 3.05) is 27.3 Å². The molecule has 0 aliphatic carbocycles. The Morgan fingerprint density at radius 3 is 2.54 bits per heavy atom. The number of likely N-dealkylation sites (tertiary alicyclic amines) is 2. The number of alkyl halides is 2. The molecular formula is C27H29F2N3O5. The van der Waals surface area contributed by atoms with E-state index in [4.69, 9.17) is 18.9 Å². The van der Waals surface area contributed by atoms with E-state index in [1.807, 2.05) is 30.3 Å². The molecular weight excluding hydrogens is 484 g/mol. The Balaban J connectivity index is 1.35. The minimum Gasteiger partial charge on any atom is -0.493 e. The van der Waals surface area contributed by atoms with Gasteiger partial charge >= 0.3 is 0 Å². The third-order valence-electron chi connectivity index (χ3n) is 7.11. The molecule has 0 saturated carbocycles. The zero-order chi connectivity index (χ0) is 26.2. The van der Waals surface area contributed by atoms with E-state index in [0.29, 0.717) is 48.8 Å². The standard InChI is InChI=1S/C27H29F2N3O5/c1-34-21-11-18(12-22(35-2)24(21)36-15-17-7-4-3-5-8-17)23-26(37-23)32-16-27(28,29)13-20(32)25(33)31-10-6-9-19(31)14-30/h3-5,7-8,11-12,19-20,23,26H,6,9-10,13,15-16H2,1-2H3. The zero-order valence-electron chi connectivity index (χ0n) is 20.7. The van der Waals surface area contributed by atoms with Gasteiger partial charge in [-0.3, -0.25) is 9.69 Å². The maximum absolute atomic E-state index is 14.5. The van der Waals surface area contributed by atoms with E-state index in [0.717, 1.165) is 5.56 Å². The van der Waals surface area contributed by atoms with Gasteiger partial charge < -0.3 is 23.8 Å². The molecule has 5 rings (SSSR count). The number of epoxide rings is 1. The van der Waals surface area contributed by atoms with Crippen molar-refractivity contribution in [1.29, 1.82) is 5.26 Å². The molecule has 2 aromatic rings. The van der Waals surface area contributed by atoms with Crippen molar-refractivity contribution in [3.05, 3.63) is 53.6 Å². The van der Waals surface area contributed by atoms with E-state index in [1.165, 1.54) is 24.0 Å². The van der Waals surface area contributed by atoms with E-state index in [9.17, 15) is 18.8 Å². The first-order valence-electron chi connectivity index (χ1n) is 12.3. The Morgan fingerprint density at radius 2 is 1.89 bits per heavy atom. The molecule has 0 radical (unpaired) electrons. The summed E-state index contributed by atoms with van der Waals surface area (Å²) in [5.74, 6) is -2.19. The summed E-state index contributed by atoms with van der Waals surface area (Å²) in [7, 11) is 3.02. The van der Waals surface area contributed by atoms with Gasteiger partial charge in [0.25, 0.3) is 5.92 Å². The first kappa shape index (κ1) is 25.2. The van der Waals surface area contributed by atoms with Crippen molar-refractivity contribution in [2.24, 2.45) is 0 Å². The maximum Gasteiger partial charge on any atom is 0.262 e. The highest BCUT2D eigenvalue weighted by Crippen LogP contribution is 2.50. The van der Waals surface area contributed by atoms with Crippen LogP contribution >= 0.6 is 0 Å². The lowest BCUT2D eigenvalue weighted by molar-refractivity contribution is -0.136. The molecule has 3 aliphatic heterocycles. The van der Waals surface area contributed by atoms with Gasteiger partial charge in [0.2, 0.25) is 11.7 Å². The smallest absolute Gasteiger partial charge is 0.262 e. The van der Waals surface area contributed by atoms with Gasteiger partial charge in [-0.15, -0.1) is 0 Å². The molecule has 3 saturated heterocycles. The summed E-state index contributed by atoms with van der Waals surface area (Å²) in [4.78, 5) is 16.1. The number of carbonyl (C=O) groups is 1. The number of carbonyl (C=O) groups excluding carboxylic acids is 1. The van der Waals surface area contributed by atoms with Crippen LogP contribution in [0.4, 0.5) is 8.78 Å². The molecule has 4 unspecified atom stereocenters. The minimum atomic E-state index is -3.02. The van der Waals surface area contributed by atoms with Crippen LogP contribution < -0.4 is 14.2 Å². The maximum atomic E-state index is 14.5. The van der Waals surface area contributed by atoms with Gasteiger partial charge in [-0.1, -0.05) is 30.3 Å². The van der Waals surface area contributed by atoms with E-state index in [2.05, 4.69) is 6.07 Å². The Bertz CT molecular complexity index is 1160. The van der Waals surface area contributed by atoms with Crippen molar-refractivity contribution in [2.45, 2.75) is 56.2 Å². The number of nitrogens with zero attached hydrogens (tertiary/aromatic N) is 3. The number of rotatable bonds is 8. The SMILES string of the molecule is COc1cc(C2OC2N2CC(F)(F)CC2C(=O)N2CCCC2C#N)cc(OC)c1OCc1ccccc1. The summed E-state index contributed by atoms with van der Waals surface area (Å²) < 4.78 is 52.0. The van der Waals surface area contributed by atoms with Crippen LogP contribution in [0.3, 0.4) is 0 Å². The topological polar surface area (TPSA) is 87.6 Å². The Kier molecular flexibility index (Phi) is 6.92. The summed E-state index contributed by atoms with van der Waals surface area (Å²) in [6.45, 7) is 0.130. The van der Waals surface area contributed by atoms with Gasteiger partial charge in [-0.05, 0) is 36.1 Å². The lowest BCUT2D eigenvalue weighted by Gasteiger charge is -2.27. The Hall–Kier alpha value is -3.42. The van der Waals surface area contributed by atoms with E-state index >= 15 is 0 Å². The summed E-state index contributed by atoms with van der Waals surface area (Å²) >= 11 is 0. The molecule has 0 bridgehead atoms. The van der Waals surface area contributed by atoms with Gasteiger partial charge in [-0.25, -0.2) is 8.78 Å². The fourth-order valence-corrected chi connectivity index (χ4v) is 5.23. The predicted octanol–water partition coefficient (Wildman–Crippen LogP) is 3.90. The highest BCUT2D eigenvalue weighted by molar-refractivity contribution is 5.83. The van der Waals surface area contributed by atoms with Crippen molar-refractivity contribution >= 4 is 5.91 Å². The van der Waals surface area contributed by atoms with Crippen LogP contribution in [-0.4, -0.2) is 67.3 Å². The van der Waals surface area contributed by atoms with Gasteiger partial charge in [0.1, 0.15) is 25.0 Å². The quantitative estimate of drug-likeness (QED) is 0.495. The number of benzene rings is 2. The second kappa shape index (κ2) is 10.1. The third kappa shape index (κ3) is 5.06. The summed E-state index contributed by atoms with van der Waals surface area (Å²) in [5, 5.41) is 9.37. The van der Waals surface area contributed by atoms with Crippen LogP contribution in [-0.2, 0) is 16.1 Å². The van der Waals surface area contributed by atoms with Gasteiger partial charge in [-0.2, -0.15) is 5.26 Å². The first-order chi connectivity index (χ1) is 17.8. The van der Waals surface area contributed by atoms with Crippen molar-refractivity contribution in [1.82, 2.24) is 9.80 Å². The van der Waals surface area contributed by atoms with Crippen LogP contribution in [0.1, 0.15) is 36.5 Å². The second-order valence-corrected chi connectivity index (χ2v) is 9.54.